The van der Waals surface area contributed by atoms with Crippen LogP contribution in [0.5, 0.6) is 0 Å². The second-order valence-corrected chi connectivity index (χ2v) is 4.73. The summed E-state index contributed by atoms with van der Waals surface area (Å²) in [4.78, 5) is 0. The number of hydrogen-bond donors (Lipinski definition) is 1. The smallest absolute Gasteiger partial charge is 0.125 e. The lowest BCUT2D eigenvalue weighted by molar-refractivity contribution is 0.134. The Labute approximate surface area is 109 Å². The Morgan fingerprint density at radius 3 is 2.72 bits per heavy atom. The van der Waals surface area contributed by atoms with Crippen LogP contribution in [-0.4, -0.2) is 0 Å². The van der Waals surface area contributed by atoms with Crippen molar-refractivity contribution in [1.82, 2.24) is 0 Å². The summed E-state index contributed by atoms with van der Waals surface area (Å²) in [6.45, 7) is 1.22. The number of anilines is 1. The van der Waals surface area contributed by atoms with Gasteiger partial charge in [-0.2, -0.15) is 0 Å². The number of nitrogens with two attached hydrogens (primary N) is 1. The molecule has 1 aliphatic rings. The lowest BCUT2D eigenvalue weighted by Crippen LogP contribution is -1.94. The van der Waals surface area contributed by atoms with Crippen molar-refractivity contribution in [3.63, 3.8) is 0 Å². The number of nitrogen functional groups attached to an aromatic ring is 1. The summed E-state index contributed by atoms with van der Waals surface area (Å²) in [5.74, 6) is -0.388. The van der Waals surface area contributed by atoms with Crippen molar-refractivity contribution in [3.8, 4) is 11.1 Å². The molecule has 0 fully saturated rings. The van der Waals surface area contributed by atoms with Gasteiger partial charge in [0.15, 0.2) is 0 Å². The van der Waals surface area contributed by atoms with Crippen LogP contribution in [0.15, 0.2) is 30.3 Å². The van der Waals surface area contributed by atoms with E-state index in [0.29, 0.717) is 24.5 Å². The molecule has 1 heterocycles. The molecule has 92 valence electrons. The van der Waals surface area contributed by atoms with Crippen LogP contribution in [0, 0.1) is 5.82 Å². The largest absolute Gasteiger partial charge is 0.397 e. The fraction of sp³-hybridized carbons (Fsp3) is 0.143. The van der Waals surface area contributed by atoms with E-state index in [0.717, 1.165) is 11.1 Å². The number of halogens is 2. The van der Waals surface area contributed by atoms with E-state index in [9.17, 15) is 4.39 Å². The highest BCUT2D eigenvalue weighted by Crippen LogP contribution is 2.34. The van der Waals surface area contributed by atoms with Crippen LogP contribution in [0.1, 0.15) is 11.1 Å². The molecule has 1 aliphatic heterocycles. The maximum absolute atomic E-state index is 13.4. The van der Waals surface area contributed by atoms with Gasteiger partial charge in [0.25, 0.3) is 0 Å². The first-order chi connectivity index (χ1) is 8.65. The highest BCUT2D eigenvalue weighted by molar-refractivity contribution is 6.33. The van der Waals surface area contributed by atoms with Crippen molar-refractivity contribution >= 4 is 17.3 Å². The third kappa shape index (κ3) is 1.85. The van der Waals surface area contributed by atoms with Crippen LogP contribution >= 0.6 is 11.6 Å². The molecule has 0 radical (unpaired) electrons. The van der Waals surface area contributed by atoms with Gasteiger partial charge in [-0.25, -0.2) is 4.39 Å². The van der Waals surface area contributed by atoms with E-state index in [1.807, 2.05) is 18.2 Å². The van der Waals surface area contributed by atoms with E-state index < -0.39 is 0 Å². The molecule has 2 aromatic rings. The molecule has 2 aromatic carbocycles. The van der Waals surface area contributed by atoms with Crippen LogP contribution in [0.4, 0.5) is 10.1 Å². The van der Waals surface area contributed by atoms with Crippen LogP contribution in [-0.2, 0) is 18.0 Å². The molecular weight excluding hydrogens is 253 g/mol. The van der Waals surface area contributed by atoms with Crippen molar-refractivity contribution in [2.75, 3.05) is 5.73 Å². The van der Waals surface area contributed by atoms with Crippen LogP contribution in [0.3, 0.4) is 0 Å². The average molecular weight is 264 g/mol. The van der Waals surface area contributed by atoms with Crippen molar-refractivity contribution in [2.45, 2.75) is 13.2 Å². The van der Waals surface area contributed by atoms with Gasteiger partial charge in [-0.3, -0.25) is 0 Å². The van der Waals surface area contributed by atoms with Gasteiger partial charge in [-0.15, -0.1) is 0 Å². The van der Waals surface area contributed by atoms with Crippen LogP contribution < -0.4 is 5.73 Å². The molecule has 3 rings (SSSR count). The summed E-state index contributed by atoms with van der Waals surface area (Å²) >= 11 is 5.90. The van der Waals surface area contributed by atoms with Gasteiger partial charge in [0, 0.05) is 5.56 Å². The Morgan fingerprint density at radius 2 is 1.89 bits per heavy atom. The van der Waals surface area contributed by atoms with Crippen molar-refractivity contribution in [2.24, 2.45) is 0 Å². The molecule has 0 aromatic heterocycles. The highest BCUT2D eigenvalue weighted by Gasteiger charge is 2.14. The van der Waals surface area contributed by atoms with E-state index in [1.165, 1.54) is 17.7 Å². The Morgan fingerprint density at radius 1 is 1.11 bits per heavy atom. The molecule has 2 nitrogen and oxygen atoms in total. The van der Waals surface area contributed by atoms with E-state index in [4.69, 9.17) is 22.1 Å². The average Bonchev–Trinajstić information content (AvgIpc) is 2.80. The number of ether oxygens (including phenoxy) is 1. The van der Waals surface area contributed by atoms with Gasteiger partial charge in [0.2, 0.25) is 0 Å². The maximum atomic E-state index is 13.4. The Balaban J connectivity index is 2.15. The Hall–Kier alpha value is -1.58. The fourth-order valence-electron chi connectivity index (χ4n) is 2.16. The topological polar surface area (TPSA) is 35.2 Å². The zero-order chi connectivity index (χ0) is 12.7. The molecule has 0 saturated heterocycles. The van der Waals surface area contributed by atoms with E-state index in [1.54, 1.807) is 0 Å². The molecule has 0 amide bonds. The molecular formula is C14H11ClFNO. The van der Waals surface area contributed by atoms with Crippen molar-refractivity contribution < 1.29 is 9.13 Å². The van der Waals surface area contributed by atoms with Gasteiger partial charge in [-0.1, -0.05) is 23.7 Å². The number of rotatable bonds is 1. The molecule has 0 aliphatic carbocycles. The van der Waals surface area contributed by atoms with Gasteiger partial charge < -0.3 is 10.5 Å². The minimum Gasteiger partial charge on any atom is -0.397 e. The Bertz CT molecular complexity index is 627. The first-order valence-electron chi connectivity index (χ1n) is 5.59. The Kier molecular flexibility index (Phi) is 2.73. The SMILES string of the molecule is Nc1c(Cl)cc(F)cc1-c1ccc2c(c1)COC2. The standard InChI is InChI=1S/C14H11ClFNO/c15-13-5-11(16)4-12(14(13)17)8-1-2-9-6-18-7-10(9)3-8/h1-5H,6-7,17H2. The zero-order valence-electron chi connectivity index (χ0n) is 9.54. The number of benzene rings is 2. The summed E-state index contributed by atoms with van der Waals surface area (Å²) in [5, 5.41) is 0.238. The minimum atomic E-state index is -0.388. The van der Waals surface area contributed by atoms with Crippen LogP contribution in [0.2, 0.25) is 5.02 Å². The molecule has 0 atom stereocenters. The first kappa shape index (κ1) is 11.5. The van der Waals surface area contributed by atoms with Crippen molar-refractivity contribution in [3.05, 3.63) is 52.3 Å². The van der Waals surface area contributed by atoms with Crippen molar-refractivity contribution in [1.29, 1.82) is 0 Å². The molecule has 0 bridgehead atoms. The summed E-state index contributed by atoms with van der Waals surface area (Å²) in [7, 11) is 0. The van der Waals surface area contributed by atoms with Crippen LogP contribution in [0.25, 0.3) is 11.1 Å². The predicted octanol–water partition coefficient (Wildman–Crippen LogP) is 3.76. The number of hydrogen-bond acceptors (Lipinski definition) is 2. The van der Waals surface area contributed by atoms with Gasteiger partial charge in [0.05, 0.1) is 23.9 Å². The number of fused-ring (bicyclic) bond motifs is 1. The monoisotopic (exact) mass is 263 g/mol. The summed E-state index contributed by atoms with van der Waals surface area (Å²) in [6, 6.07) is 8.49. The third-order valence-corrected chi connectivity index (χ3v) is 3.44. The minimum absolute atomic E-state index is 0.238. The second kappa shape index (κ2) is 4.26. The normalized spacial score (nSPS) is 13.7. The van der Waals surface area contributed by atoms with Gasteiger partial charge >= 0.3 is 0 Å². The van der Waals surface area contributed by atoms with E-state index >= 15 is 0 Å². The summed E-state index contributed by atoms with van der Waals surface area (Å²) in [6.07, 6.45) is 0. The fourth-order valence-corrected chi connectivity index (χ4v) is 2.37. The highest BCUT2D eigenvalue weighted by atomic mass is 35.5. The molecule has 2 N–H and O–H groups in total. The molecule has 18 heavy (non-hydrogen) atoms. The van der Waals surface area contributed by atoms with Gasteiger partial charge in [0.1, 0.15) is 5.82 Å². The quantitative estimate of drug-likeness (QED) is 0.795. The molecule has 0 saturated carbocycles. The predicted molar refractivity (Wildman–Crippen MR) is 69.8 cm³/mol. The zero-order valence-corrected chi connectivity index (χ0v) is 10.3. The maximum Gasteiger partial charge on any atom is 0.125 e. The van der Waals surface area contributed by atoms with E-state index in [-0.39, 0.29) is 10.8 Å². The summed E-state index contributed by atoms with van der Waals surface area (Å²) < 4.78 is 18.8. The summed E-state index contributed by atoms with van der Waals surface area (Å²) in [5.41, 5.74) is 10.1. The lowest BCUT2D eigenvalue weighted by Gasteiger charge is -2.09. The molecule has 4 heteroatoms. The van der Waals surface area contributed by atoms with Gasteiger partial charge in [-0.05, 0) is 34.9 Å². The third-order valence-electron chi connectivity index (χ3n) is 3.13. The van der Waals surface area contributed by atoms with E-state index in [2.05, 4.69) is 0 Å². The second-order valence-electron chi connectivity index (χ2n) is 4.33. The lowest BCUT2D eigenvalue weighted by atomic mass is 9.99. The first-order valence-corrected chi connectivity index (χ1v) is 5.97. The molecule has 0 unspecified atom stereocenters. The molecule has 0 spiro atoms.